The number of aromatic nitrogens is 3. The number of carbonyl (C=O) groups excluding carboxylic acids is 1. The molecule has 0 saturated carbocycles. The summed E-state index contributed by atoms with van der Waals surface area (Å²) in [5.41, 5.74) is 4.22. The van der Waals surface area contributed by atoms with Crippen LogP contribution in [-0.2, 0) is 24.9 Å². The molecule has 0 aliphatic heterocycles. The number of hydrogen-bond donors (Lipinski definition) is 1. The van der Waals surface area contributed by atoms with E-state index in [9.17, 15) is 9.59 Å². The van der Waals surface area contributed by atoms with E-state index in [2.05, 4.69) is 26.1 Å². The fourth-order valence-corrected chi connectivity index (χ4v) is 3.13. The van der Waals surface area contributed by atoms with Gasteiger partial charge in [-0.3, -0.25) is 13.9 Å². The zero-order chi connectivity index (χ0) is 19.8. The van der Waals surface area contributed by atoms with Gasteiger partial charge in [0.25, 0.3) is 0 Å². The van der Waals surface area contributed by atoms with Crippen molar-refractivity contribution in [3.8, 4) is 11.3 Å². The van der Waals surface area contributed by atoms with Crippen LogP contribution < -0.4 is 11.0 Å². The van der Waals surface area contributed by atoms with Gasteiger partial charge in [0.1, 0.15) is 0 Å². The molecule has 6 nitrogen and oxygen atoms in total. The normalized spacial score (nSPS) is 11.7. The van der Waals surface area contributed by atoms with Gasteiger partial charge in [0.15, 0.2) is 5.65 Å². The minimum Gasteiger partial charge on any atom is -0.352 e. The van der Waals surface area contributed by atoms with Crippen molar-refractivity contribution in [2.45, 2.75) is 40.8 Å². The molecular formula is C21H26N4O2. The topological polar surface area (TPSA) is 68.9 Å². The second-order valence-electron chi connectivity index (χ2n) is 8.14. The quantitative estimate of drug-likeness (QED) is 0.771. The molecule has 0 spiro atoms. The van der Waals surface area contributed by atoms with E-state index in [1.807, 2.05) is 36.4 Å². The van der Waals surface area contributed by atoms with Crippen LogP contribution in [0.15, 0.2) is 41.2 Å². The van der Waals surface area contributed by atoms with Crippen molar-refractivity contribution in [2.24, 2.45) is 12.5 Å². The van der Waals surface area contributed by atoms with Gasteiger partial charge in [0.05, 0.1) is 11.2 Å². The largest absolute Gasteiger partial charge is 0.352 e. The average Bonchev–Trinajstić information content (AvgIpc) is 2.83. The van der Waals surface area contributed by atoms with Crippen LogP contribution >= 0.6 is 0 Å². The maximum absolute atomic E-state index is 12.7. The van der Waals surface area contributed by atoms with E-state index in [1.54, 1.807) is 16.2 Å². The van der Waals surface area contributed by atoms with Gasteiger partial charge in [0, 0.05) is 32.6 Å². The van der Waals surface area contributed by atoms with Crippen LogP contribution in [0.5, 0.6) is 0 Å². The van der Waals surface area contributed by atoms with Crippen molar-refractivity contribution in [2.75, 3.05) is 0 Å². The molecule has 1 aromatic carbocycles. The number of pyridine rings is 1. The van der Waals surface area contributed by atoms with Crippen LogP contribution in [0.1, 0.15) is 33.3 Å². The Labute approximate surface area is 158 Å². The number of hydrogen-bond acceptors (Lipinski definition) is 3. The highest BCUT2D eigenvalue weighted by molar-refractivity contribution is 5.76. The first-order valence-electron chi connectivity index (χ1n) is 9.06. The van der Waals surface area contributed by atoms with Crippen molar-refractivity contribution >= 4 is 17.1 Å². The molecule has 3 rings (SSSR count). The molecule has 0 unspecified atom stereocenters. The van der Waals surface area contributed by atoms with Gasteiger partial charge in [-0.2, -0.15) is 0 Å². The van der Waals surface area contributed by atoms with E-state index >= 15 is 0 Å². The van der Waals surface area contributed by atoms with Crippen molar-refractivity contribution in [3.63, 3.8) is 0 Å². The molecule has 3 aromatic rings. The van der Waals surface area contributed by atoms with E-state index in [1.165, 1.54) is 6.92 Å². The molecule has 142 valence electrons. The average molecular weight is 366 g/mol. The van der Waals surface area contributed by atoms with Crippen LogP contribution in [0, 0.1) is 5.41 Å². The second-order valence-corrected chi connectivity index (χ2v) is 8.14. The van der Waals surface area contributed by atoms with E-state index in [4.69, 9.17) is 4.98 Å². The third-order valence-corrected chi connectivity index (χ3v) is 4.38. The molecule has 1 N–H and O–H groups in total. The Balaban J connectivity index is 2.03. The van der Waals surface area contributed by atoms with Gasteiger partial charge in [-0.15, -0.1) is 0 Å². The number of carbonyl (C=O) groups is 1. The molecule has 2 aromatic heterocycles. The molecule has 0 radical (unpaired) electrons. The molecule has 0 bridgehead atoms. The Morgan fingerprint density at radius 2 is 1.93 bits per heavy atom. The summed E-state index contributed by atoms with van der Waals surface area (Å²) < 4.78 is 3.39. The van der Waals surface area contributed by atoms with E-state index in [0.717, 1.165) is 22.3 Å². The fraction of sp³-hybridized carbons (Fsp3) is 0.381. The standard InChI is InChI=1S/C21H26N4O2/c1-14(26)22-12-15-7-6-8-16(11-15)17-9-10-18-19(23-17)24(5)20(27)25(18)13-21(2,3)4/h6-11H,12-13H2,1-5H3,(H,22,26). The number of imidazole rings is 1. The Bertz CT molecular complexity index is 1050. The molecule has 2 heterocycles. The van der Waals surface area contributed by atoms with Gasteiger partial charge in [-0.05, 0) is 29.2 Å². The lowest BCUT2D eigenvalue weighted by Gasteiger charge is -2.18. The summed E-state index contributed by atoms with van der Waals surface area (Å²) in [5.74, 6) is -0.0601. The predicted octanol–water partition coefficient (Wildman–Crippen LogP) is 3.08. The van der Waals surface area contributed by atoms with E-state index < -0.39 is 0 Å². The number of amides is 1. The Hall–Kier alpha value is -2.89. The third kappa shape index (κ3) is 4.10. The minimum absolute atomic E-state index is 0.00513. The van der Waals surface area contributed by atoms with Crippen LogP contribution in [0.4, 0.5) is 0 Å². The lowest BCUT2D eigenvalue weighted by Crippen LogP contribution is -2.27. The number of benzene rings is 1. The summed E-state index contributed by atoms with van der Waals surface area (Å²) >= 11 is 0. The van der Waals surface area contributed by atoms with Crippen LogP contribution in [0.2, 0.25) is 0 Å². The van der Waals surface area contributed by atoms with Gasteiger partial charge in [0.2, 0.25) is 5.91 Å². The number of nitrogens with one attached hydrogen (secondary N) is 1. The maximum Gasteiger partial charge on any atom is 0.330 e. The van der Waals surface area contributed by atoms with Gasteiger partial charge < -0.3 is 5.32 Å². The van der Waals surface area contributed by atoms with Crippen LogP contribution in [0.3, 0.4) is 0 Å². The fourth-order valence-electron chi connectivity index (χ4n) is 3.13. The summed E-state index contributed by atoms with van der Waals surface area (Å²) in [6.45, 7) is 8.95. The number of aryl methyl sites for hydroxylation is 1. The van der Waals surface area contributed by atoms with Crippen LogP contribution in [-0.4, -0.2) is 20.0 Å². The summed E-state index contributed by atoms with van der Waals surface area (Å²) in [4.78, 5) is 28.5. The third-order valence-electron chi connectivity index (χ3n) is 4.38. The lowest BCUT2D eigenvalue weighted by molar-refractivity contribution is -0.119. The highest BCUT2D eigenvalue weighted by Gasteiger charge is 2.18. The number of rotatable bonds is 4. The SMILES string of the molecule is CC(=O)NCc1cccc(-c2ccc3c(n2)n(C)c(=O)n3CC(C)(C)C)c1. The van der Waals surface area contributed by atoms with Crippen LogP contribution in [0.25, 0.3) is 22.4 Å². The molecule has 0 atom stereocenters. The van der Waals surface area contributed by atoms with Crippen molar-refractivity contribution < 1.29 is 4.79 Å². The van der Waals surface area contributed by atoms with Crippen molar-refractivity contribution in [1.29, 1.82) is 0 Å². The van der Waals surface area contributed by atoms with Crippen molar-refractivity contribution in [1.82, 2.24) is 19.4 Å². The predicted molar refractivity (Wildman–Crippen MR) is 107 cm³/mol. The maximum atomic E-state index is 12.7. The highest BCUT2D eigenvalue weighted by Crippen LogP contribution is 2.23. The molecule has 0 aliphatic rings. The molecule has 0 saturated heterocycles. The molecule has 0 aliphatic carbocycles. The summed E-state index contributed by atoms with van der Waals surface area (Å²) in [7, 11) is 1.76. The molecule has 0 fully saturated rings. The monoisotopic (exact) mass is 366 g/mol. The van der Waals surface area contributed by atoms with E-state index in [0.29, 0.717) is 18.7 Å². The molecule has 1 amide bonds. The number of nitrogens with zero attached hydrogens (tertiary/aromatic N) is 3. The summed E-state index contributed by atoms with van der Waals surface area (Å²) in [5, 5.41) is 2.80. The zero-order valence-corrected chi connectivity index (χ0v) is 16.5. The van der Waals surface area contributed by atoms with E-state index in [-0.39, 0.29) is 17.0 Å². The summed E-state index contributed by atoms with van der Waals surface area (Å²) in [6.07, 6.45) is 0. The Kier molecular flexibility index (Phi) is 4.91. The minimum atomic E-state index is -0.0601. The first-order valence-corrected chi connectivity index (χ1v) is 9.06. The molecule has 6 heteroatoms. The molecular weight excluding hydrogens is 340 g/mol. The Morgan fingerprint density at radius 3 is 2.59 bits per heavy atom. The first kappa shape index (κ1) is 18.9. The van der Waals surface area contributed by atoms with Gasteiger partial charge in [-0.25, -0.2) is 9.78 Å². The highest BCUT2D eigenvalue weighted by atomic mass is 16.2. The number of fused-ring (bicyclic) bond motifs is 1. The smallest absolute Gasteiger partial charge is 0.330 e. The first-order chi connectivity index (χ1) is 12.7. The van der Waals surface area contributed by atoms with Crippen molar-refractivity contribution in [3.05, 3.63) is 52.4 Å². The Morgan fingerprint density at radius 1 is 1.19 bits per heavy atom. The summed E-state index contributed by atoms with van der Waals surface area (Å²) in [6, 6.07) is 11.8. The lowest BCUT2D eigenvalue weighted by atomic mass is 9.97. The van der Waals surface area contributed by atoms with Gasteiger partial charge >= 0.3 is 5.69 Å². The van der Waals surface area contributed by atoms with Gasteiger partial charge in [-0.1, -0.05) is 39.0 Å². The zero-order valence-electron chi connectivity index (χ0n) is 16.5. The molecule has 27 heavy (non-hydrogen) atoms. The second kappa shape index (κ2) is 7.02.